The van der Waals surface area contributed by atoms with Crippen molar-refractivity contribution in [3.63, 3.8) is 0 Å². The summed E-state index contributed by atoms with van der Waals surface area (Å²) in [6.45, 7) is 1.42. The summed E-state index contributed by atoms with van der Waals surface area (Å²) in [5.74, 6) is 0.324. The average molecular weight is 377 g/mol. The van der Waals surface area contributed by atoms with E-state index in [1.165, 1.54) is 0 Å². The van der Waals surface area contributed by atoms with E-state index >= 15 is 0 Å². The number of azo groups is 1. The van der Waals surface area contributed by atoms with Crippen molar-refractivity contribution in [2.75, 3.05) is 18.8 Å². The van der Waals surface area contributed by atoms with E-state index in [4.69, 9.17) is 5.73 Å². The number of hydrogen-bond acceptors (Lipinski definition) is 6. The molecule has 0 saturated heterocycles. The van der Waals surface area contributed by atoms with E-state index in [0.717, 1.165) is 17.5 Å². The number of nitrogens with zero attached hydrogens (tertiary/aromatic N) is 4. The summed E-state index contributed by atoms with van der Waals surface area (Å²) in [6, 6.07) is 5.79. The summed E-state index contributed by atoms with van der Waals surface area (Å²) in [5, 5.41) is 8.17. The minimum Gasteiger partial charge on any atom is -0.368 e. The van der Waals surface area contributed by atoms with Crippen LogP contribution < -0.4 is 5.73 Å². The smallest absolute Gasteiger partial charge is 0.220 e. The Bertz CT molecular complexity index is 1040. The van der Waals surface area contributed by atoms with Gasteiger partial charge in [0, 0.05) is 23.0 Å². The molecule has 28 heavy (non-hydrogen) atoms. The summed E-state index contributed by atoms with van der Waals surface area (Å²) in [5.41, 5.74) is 10.4. The molecule has 1 unspecified atom stereocenters. The molecule has 2 aliphatic carbocycles. The number of ketones is 1. The quantitative estimate of drug-likeness (QED) is 0.746. The fourth-order valence-electron chi connectivity index (χ4n) is 4.46. The Morgan fingerprint density at radius 2 is 1.96 bits per heavy atom. The predicted molar refractivity (Wildman–Crippen MR) is 103 cm³/mol. The second kappa shape index (κ2) is 6.58. The normalized spacial score (nSPS) is 21.0. The first-order valence-corrected chi connectivity index (χ1v) is 9.64. The third-order valence-corrected chi connectivity index (χ3v) is 5.84. The van der Waals surface area contributed by atoms with Crippen molar-refractivity contribution in [3.05, 3.63) is 52.5 Å². The van der Waals surface area contributed by atoms with Crippen molar-refractivity contribution in [1.82, 2.24) is 9.97 Å². The second-order valence-electron chi connectivity index (χ2n) is 7.70. The lowest BCUT2D eigenvalue weighted by Crippen LogP contribution is -2.13. The second-order valence-corrected chi connectivity index (χ2v) is 7.70. The Hall–Kier alpha value is -2.96. The third-order valence-electron chi connectivity index (χ3n) is 5.84. The molecule has 0 spiro atoms. The zero-order valence-corrected chi connectivity index (χ0v) is 15.4. The van der Waals surface area contributed by atoms with E-state index in [1.807, 2.05) is 18.2 Å². The number of hydrogen-bond donors (Lipinski definition) is 1. The molecule has 3 aliphatic rings. The molecule has 0 fully saturated rings. The molecule has 0 bridgehead atoms. The SMILES string of the molecule is Nc1nc2c(c(C3CC=C(F)CC3)n1)C(=O)c1cccc(CC3CN=NC3)c1-2. The van der Waals surface area contributed by atoms with Gasteiger partial charge in [0.2, 0.25) is 5.95 Å². The lowest BCUT2D eigenvalue weighted by molar-refractivity contribution is 0.104. The van der Waals surface area contributed by atoms with Crippen LogP contribution >= 0.6 is 0 Å². The number of anilines is 1. The number of rotatable bonds is 3. The van der Waals surface area contributed by atoms with Crippen molar-refractivity contribution >= 4 is 11.7 Å². The van der Waals surface area contributed by atoms with E-state index in [9.17, 15) is 9.18 Å². The molecule has 1 aromatic carbocycles. The molecule has 6 nitrogen and oxygen atoms in total. The molecule has 7 heteroatoms. The van der Waals surface area contributed by atoms with Gasteiger partial charge >= 0.3 is 0 Å². The molecule has 1 aromatic heterocycles. The monoisotopic (exact) mass is 377 g/mol. The molecule has 2 aromatic rings. The summed E-state index contributed by atoms with van der Waals surface area (Å²) in [7, 11) is 0. The fourth-order valence-corrected chi connectivity index (χ4v) is 4.46. The number of allylic oxidation sites excluding steroid dienone is 2. The third kappa shape index (κ3) is 2.73. The first-order chi connectivity index (χ1) is 13.6. The number of carbonyl (C=O) groups excluding carboxylic acids is 1. The Labute approximate surface area is 161 Å². The molecule has 0 amide bonds. The Kier molecular flexibility index (Phi) is 4.03. The number of nitrogen functional groups attached to an aromatic ring is 1. The molecule has 142 valence electrons. The molecular weight excluding hydrogens is 357 g/mol. The van der Waals surface area contributed by atoms with Gasteiger partial charge in [0.05, 0.1) is 35.9 Å². The highest BCUT2D eigenvalue weighted by Crippen LogP contribution is 2.44. The maximum atomic E-state index is 13.5. The zero-order valence-electron chi connectivity index (χ0n) is 15.4. The number of carbonyl (C=O) groups is 1. The standard InChI is InChI=1S/C21H20FN5O/c22-14-6-4-12(5-7-14)18-17-19(27-21(23)26-18)16-13(8-11-9-24-25-10-11)2-1-3-15(16)20(17)28/h1-3,6,11-12H,4-5,7-10H2,(H2,23,26,27). The van der Waals surface area contributed by atoms with Crippen LogP contribution in [-0.2, 0) is 6.42 Å². The van der Waals surface area contributed by atoms with Gasteiger partial charge < -0.3 is 5.73 Å². The van der Waals surface area contributed by atoms with Crippen LogP contribution in [0.4, 0.5) is 10.3 Å². The first-order valence-electron chi connectivity index (χ1n) is 9.64. The van der Waals surface area contributed by atoms with Crippen molar-refractivity contribution in [2.24, 2.45) is 16.1 Å². The Morgan fingerprint density at radius 1 is 1.14 bits per heavy atom. The van der Waals surface area contributed by atoms with Crippen LogP contribution in [0, 0.1) is 5.92 Å². The van der Waals surface area contributed by atoms with Gasteiger partial charge in [-0.15, -0.1) is 0 Å². The molecule has 5 rings (SSSR count). The van der Waals surface area contributed by atoms with Crippen molar-refractivity contribution in [2.45, 2.75) is 31.6 Å². The summed E-state index contributed by atoms with van der Waals surface area (Å²) >= 11 is 0. The Morgan fingerprint density at radius 3 is 2.71 bits per heavy atom. The van der Waals surface area contributed by atoms with E-state index in [-0.39, 0.29) is 23.5 Å². The van der Waals surface area contributed by atoms with Crippen LogP contribution in [0.3, 0.4) is 0 Å². The van der Waals surface area contributed by atoms with Gasteiger partial charge in [-0.1, -0.05) is 24.3 Å². The summed E-state index contributed by atoms with van der Waals surface area (Å²) in [6.07, 6.45) is 3.89. The van der Waals surface area contributed by atoms with E-state index in [2.05, 4.69) is 20.2 Å². The molecule has 2 N–H and O–H groups in total. The maximum Gasteiger partial charge on any atom is 0.220 e. The summed E-state index contributed by atoms with van der Waals surface area (Å²) in [4.78, 5) is 22.2. The fraction of sp³-hybridized carbons (Fsp3) is 0.381. The summed E-state index contributed by atoms with van der Waals surface area (Å²) < 4.78 is 13.5. The number of benzene rings is 1. The lowest BCUT2D eigenvalue weighted by atomic mass is 9.87. The van der Waals surface area contributed by atoms with Crippen LogP contribution in [0.5, 0.6) is 0 Å². The van der Waals surface area contributed by atoms with Crippen molar-refractivity contribution in [3.8, 4) is 11.3 Å². The maximum absolute atomic E-state index is 13.5. The topological polar surface area (TPSA) is 93.6 Å². The number of fused-ring (bicyclic) bond motifs is 3. The van der Waals surface area contributed by atoms with Gasteiger partial charge in [-0.05, 0) is 31.2 Å². The Balaban J connectivity index is 1.62. The van der Waals surface area contributed by atoms with Gasteiger partial charge in [-0.25, -0.2) is 14.4 Å². The molecule has 1 atom stereocenters. The van der Waals surface area contributed by atoms with Crippen LogP contribution in [0.2, 0.25) is 0 Å². The van der Waals surface area contributed by atoms with Crippen molar-refractivity contribution in [1.29, 1.82) is 0 Å². The van der Waals surface area contributed by atoms with E-state index in [1.54, 1.807) is 6.08 Å². The largest absolute Gasteiger partial charge is 0.368 e. The molecular formula is C21H20FN5O. The van der Waals surface area contributed by atoms with Crippen LogP contribution in [0.15, 0.2) is 40.3 Å². The van der Waals surface area contributed by atoms with E-state index < -0.39 is 0 Å². The lowest BCUT2D eigenvalue weighted by Gasteiger charge is -2.20. The van der Waals surface area contributed by atoms with Gasteiger partial charge in [0.15, 0.2) is 5.78 Å². The van der Waals surface area contributed by atoms with Gasteiger partial charge in [-0.2, -0.15) is 10.2 Å². The zero-order chi connectivity index (χ0) is 19.3. The number of halogens is 1. The van der Waals surface area contributed by atoms with Crippen LogP contribution in [-0.4, -0.2) is 28.8 Å². The highest BCUT2D eigenvalue weighted by Gasteiger charge is 2.36. The van der Waals surface area contributed by atoms with Gasteiger partial charge in [0.1, 0.15) is 0 Å². The van der Waals surface area contributed by atoms with Gasteiger partial charge in [-0.3, -0.25) is 4.79 Å². The number of aromatic nitrogens is 2. The molecule has 1 aliphatic heterocycles. The van der Waals surface area contributed by atoms with Gasteiger partial charge in [0.25, 0.3) is 0 Å². The minimum atomic E-state index is -0.0979. The molecule has 2 heterocycles. The van der Waals surface area contributed by atoms with Crippen LogP contribution in [0.1, 0.15) is 52.4 Å². The van der Waals surface area contributed by atoms with Crippen LogP contribution in [0.25, 0.3) is 11.3 Å². The average Bonchev–Trinajstić information content (AvgIpc) is 3.29. The highest BCUT2D eigenvalue weighted by molar-refractivity contribution is 6.22. The first kappa shape index (κ1) is 17.2. The van der Waals surface area contributed by atoms with E-state index in [0.29, 0.717) is 60.8 Å². The highest BCUT2D eigenvalue weighted by atomic mass is 19.1. The predicted octanol–water partition coefficient (Wildman–Crippen LogP) is 4.02. The minimum absolute atomic E-state index is 0.0207. The molecule has 0 saturated carbocycles. The number of nitrogens with two attached hydrogens (primary N) is 1. The van der Waals surface area contributed by atoms with Crippen molar-refractivity contribution < 1.29 is 9.18 Å². The molecule has 0 radical (unpaired) electrons.